The maximum absolute atomic E-state index is 14.9. The number of nitrogens with one attached hydrogen (secondary N) is 2. The molecule has 0 atom stereocenters. The number of hydrogen-bond donors (Lipinski definition) is 2. The number of H-pyrrole nitrogens is 1. The van der Waals surface area contributed by atoms with Crippen molar-refractivity contribution in [2.45, 2.75) is 6.18 Å². The highest BCUT2D eigenvalue weighted by atomic mass is 35.5. The Kier molecular flexibility index (Phi) is 6.31. The molecule has 0 unspecified atom stereocenters. The lowest BCUT2D eigenvalue weighted by atomic mass is 10.1. The number of hydrogen-bond acceptors (Lipinski definition) is 3. The van der Waals surface area contributed by atoms with Crippen LogP contribution in [0.5, 0.6) is 0 Å². The van der Waals surface area contributed by atoms with Crippen LogP contribution in [0.2, 0.25) is 0 Å². The van der Waals surface area contributed by atoms with Gasteiger partial charge in [0.15, 0.2) is 0 Å². The lowest BCUT2D eigenvalue weighted by molar-refractivity contribution is -0.137. The molecule has 0 saturated heterocycles. The second kappa shape index (κ2) is 9.22. The smallest absolute Gasteiger partial charge is 0.322 e. The first kappa shape index (κ1) is 24.0. The van der Waals surface area contributed by atoms with E-state index in [1.54, 1.807) is 29.1 Å². The summed E-state index contributed by atoms with van der Waals surface area (Å²) in [4.78, 5) is 16.9. The van der Waals surface area contributed by atoms with E-state index in [4.69, 9.17) is 0 Å². The number of carbonyl (C=O) groups excluding carboxylic acids is 1. The topological polar surface area (TPSA) is 75.1 Å². The summed E-state index contributed by atoms with van der Waals surface area (Å²) in [5, 5.41) is 9.00. The number of carbonyl (C=O) groups is 1. The molecule has 0 aliphatic heterocycles. The third-order valence-corrected chi connectivity index (χ3v) is 5.29. The molecule has 11 heteroatoms. The van der Waals surface area contributed by atoms with Crippen molar-refractivity contribution < 1.29 is 22.4 Å². The lowest BCUT2D eigenvalue weighted by Gasteiger charge is -2.11. The molecule has 3 aromatic heterocycles. The molecule has 5 aromatic rings. The average molecular weight is 502 g/mol. The van der Waals surface area contributed by atoms with Crippen molar-refractivity contribution in [1.29, 1.82) is 0 Å². The predicted octanol–water partition coefficient (Wildman–Crippen LogP) is 6.22. The van der Waals surface area contributed by atoms with E-state index in [0.717, 1.165) is 23.3 Å². The van der Waals surface area contributed by atoms with Gasteiger partial charge < -0.3 is 5.32 Å². The van der Waals surface area contributed by atoms with Crippen molar-refractivity contribution in [3.63, 3.8) is 0 Å². The number of pyridine rings is 1. The van der Waals surface area contributed by atoms with Crippen molar-refractivity contribution in [1.82, 2.24) is 19.6 Å². The maximum Gasteiger partial charge on any atom is 0.416 e. The van der Waals surface area contributed by atoms with Gasteiger partial charge in [0.2, 0.25) is 0 Å². The van der Waals surface area contributed by atoms with E-state index in [2.05, 4.69) is 20.5 Å². The number of aromatic nitrogens is 4. The van der Waals surface area contributed by atoms with Crippen molar-refractivity contribution >= 4 is 29.6 Å². The SMILES string of the molecule is Cl.O=C(Nc1cccc(C(F)(F)F)c1)c1ccc(-c2cnc3ccc(-c4cn[nH]c4)cn23)cc1F. The van der Waals surface area contributed by atoms with E-state index < -0.39 is 23.5 Å². The number of halogens is 5. The Balaban J connectivity index is 0.00000289. The second-order valence-electron chi connectivity index (χ2n) is 7.50. The third kappa shape index (κ3) is 4.73. The molecule has 3 heterocycles. The van der Waals surface area contributed by atoms with E-state index in [9.17, 15) is 22.4 Å². The molecule has 6 nitrogen and oxygen atoms in total. The van der Waals surface area contributed by atoms with Crippen molar-refractivity contribution in [2.75, 3.05) is 5.32 Å². The molecule has 1 amide bonds. The zero-order valence-corrected chi connectivity index (χ0v) is 18.5. The molecular formula is C24H16ClF4N5O. The maximum atomic E-state index is 14.9. The number of benzene rings is 2. The first-order valence-electron chi connectivity index (χ1n) is 10.0. The molecule has 0 bridgehead atoms. The Labute approximate surface area is 202 Å². The van der Waals surface area contributed by atoms with Gasteiger partial charge >= 0.3 is 6.18 Å². The van der Waals surface area contributed by atoms with Gasteiger partial charge in [0.1, 0.15) is 11.5 Å². The van der Waals surface area contributed by atoms with Crippen LogP contribution >= 0.6 is 12.4 Å². The van der Waals surface area contributed by atoms with Crippen LogP contribution in [0, 0.1) is 5.82 Å². The van der Waals surface area contributed by atoms with Gasteiger partial charge in [-0.2, -0.15) is 18.3 Å². The summed E-state index contributed by atoms with van der Waals surface area (Å²) in [6.07, 6.45) is 2.30. The molecule has 0 fully saturated rings. The van der Waals surface area contributed by atoms with E-state index in [1.807, 2.05) is 18.3 Å². The van der Waals surface area contributed by atoms with Gasteiger partial charge in [-0.25, -0.2) is 9.37 Å². The Bertz CT molecular complexity index is 1510. The first-order valence-corrected chi connectivity index (χ1v) is 10.0. The standard InChI is InChI=1S/C24H15F4N5O.ClH/c25-20-8-14(21-12-29-22-7-5-15(13-33(21)22)16-10-30-31-11-16)4-6-19(20)23(34)32-18-3-1-2-17(9-18)24(26,27)28;/h1-13H,(H,30,31)(H,32,34);1H. The van der Waals surface area contributed by atoms with Gasteiger partial charge in [-0.05, 0) is 42.5 Å². The highest BCUT2D eigenvalue weighted by molar-refractivity contribution is 6.04. The van der Waals surface area contributed by atoms with E-state index >= 15 is 0 Å². The summed E-state index contributed by atoms with van der Waals surface area (Å²) >= 11 is 0. The van der Waals surface area contributed by atoms with Gasteiger partial charge in [0, 0.05) is 34.8 Å². The fraction of sp³-hybridized carbons (Fsp3) is 0.0417. The Morgan fingerprint density at radius 1 is 0.971 bits per heavy atom. The molecule has 35 heavy (non-hydrogen) atoms. The Morgan fingerprint density at radius 2 is 1.77 bits per heavy atom. The molecular weight excluding hydrogens is 486 g/mol. The largest absolute Gasteiger partial charge is 0.416 e. The fourth-order valence-corrected chi connectivity index (χ4v) is 3.60. The molecule has 0 radical (unpaired) electrons. The van der Waals surface area contributed by atoms with Crippen molar-refractivity contribution in [3.8, 4) is 22.4 Å². The Hall–Kier alpha value is -4.18. The Morgan fingerprint density at radius 3 is 2.49 bits per heavy atom. The zero-order valence-electron chi connectivity index (χ0n) is 17.7. The number of aromatic amines is 1. The second-order valence-corrected chi connectivity index (χ2v) is 7.50. The number of imidazole rings is 1. The monoisotopic (exact) mass is 501 g/mol. The minimum Gasteiger partial charge on any atom is -0.322 e. The number of alkyl halides is 3. The predicted molar refractivity (Wildman–Crippen MR) is 125 cm³/mol. The van der Waals surface area contributed by atoms with Crippen molar-refractivity contribution in [3.05, 3.63) is 96.3 Å². The van der Waals surface area contributed by atoms with Crippen LogP contribution in [0.3, 0.4) is 0 Å². The fourth-order valence-electron chi connectivity index (χ4n) is 3.60. The van der Waals surface area contributed by atoms with Crippen LogP contribution in [0.4, 0.5) is 23.2 Å². The quantitative estimate of drug-likeness (QED) is 0.287. The molecule has 0 aliphatic rings. The van der Waals surface area contributed by atoms with Crippen LogP contribution in [0.15, 0.2) is 79.4 Å². The summed E-state index contributed by atoms with van der Waals surface area (Å²) in [5.74, 6) is -1.67. The molecule has 0 aliphatic carbocycles. The van der Waals surface area contributed by atoms with Gasteiger partial charge in [-0.1, -0.05) is 12.1 Å². The number of nitrogens with zero attached hydrogens (tertiary/aromatic N) is 3. The number of anilines is 1. The van der Waals surface area contributed by atoms with E-state index in [1.165, 1.54) is 24.3 Å². The average Bonchev–Trinajstić information content (AvgIpc) is 3.48. The molecule has 178 valence electrons. The van der Waals surface area contributed by atoms with E-state index in [-0.39, 0.29) is 23.7 Å². The number of fused-ring (bicyclic) bond motifs is 1. The zero-order chi connectivity index (χ0) is 23.9. The summed E-state index contributed by atoms with van der Waals surface area (Å²) < 4.78 is 55.4. The molecule has 0 spiro atoms. The van der Waals surface area contributed by atoms with Gasteiger partial charge in [0.25, 0.3) is 5.91 Å². The number of rotatable bonds is 4. The van der Waals surface area contributed by atoms with Crippen LogP contribution in [0.1, 0.15) is 15.9 Å². The third-order valence-electron chi connectivity index (χ3n) is 5.29. The van der Waals surface area contributed by atoms with Crippen LogP contribution < -0.4 is 5.32 Å². The van der Waals surface area contributed by atoms with Crippen LogP contribution in [-0.2, 0) is 6.18 Å². The molecule has 5 rings (SSSR count). The van der Waals surface area contributed by atoms with Crippen LogP contribution in [-0.4, -0.2) is 25.5 Å². The number of amides is 1. The summed E-state index contributed by atoms with van der Waals surface area (Å²) in [6.45, 7) is 0. The normalized spacial score (nSPS) is 11.3. The molecule has 0 saturated carbocycles. The summed E-state index contributed by atoms with van der Waals surface area (Å²) in [6, 6.07) is 11.9. The highest BCUT2D eigenvalue weighted by Crippen LogP contribution is 2.31. The van der Waals surface area contributed by atoms with Crippen LogP contribution in [0.25, 0.3) is 28.0 Å². The lowest BCUT2D eigenvalue weighted by Crippen LogP contribution is -2.14. The minimum absolute atomic E-state index is 0. The summed E-state index contributed by atoms with van der Waals surface area (Å²) in [5.41, 5.74) is 2.17. The van der Waals surface area contributed by atoms with Gasteiger partial charge in [-0.3, -0.25) is 14.3 Å². The highest BCUT2D eigenvalue weighted by Gasteiger charge is 2.30. The summed E-state index contributed by atoms with van der Waals surface area (Å²) in [7, 11) is 0. The van der Waals surface area contributed by atoms with Gasteiger partial charge in [0.05, 0.1) is 29.2 Å². The van der Waals surface area contributed by atoms with Gasteiger partial charge in [-0.15, -0.1) is 12.4 Å². The first-order chi connectivity index (χ1) is 16.3. The molecule has 2 N–H and O–H groups in total. The van der Waals surface area contributed by atoms with Crippen molar-refractivity contribution in [2.24, 2.45) is 0 Å². The minimum atomic E-state index is -4.56. The molecule has 2 aromatic carbocycles. The van der Waals surface area contributed by atoms with E-state index in [0.29, 0.717) is 16.9 Å².